The maximum Gasteiger partial charge on any atom is 0.232 e. The summed E-state index contributed by atoms with van der Waals surface area (Å²) in [5.41, 5.74) is 6.68. The number of likely N-dealkylation sites (N-methyl/N-ethyl adjacent to an activating group) is 1. The monoisotopic (exact) mass is 501 g/mol. The van der Waals surface area contributed by atoms with E-state index < -0.39 is 11.9 Å². The minimum atomic E-state index is -0.696. The third-order valence-corrected chi connectivity index (χ3v) is 6.46. The van der Waals surface area contributed by atoms with Gasteiger partial charge in [-0.15, -0.1) is 0 Å². The first-order valence-corrected chi connectivity index (χ1v) is 12.1. The fourth-order valence-electron chi connectivity index (χ4n) is 4.24. The van der Waals surface area contributed by atoms with Crippen LogP contribution in [0, 0.1) is 12.2 Å². The summed E-state index contributed by atoms with van der Waals surface area (Å²) in [5, 5.41) is 0.651. The molecule has 0 bridgehead atoms. The van der Waals surface area contributed by atoms with Crippen molar-refractivity contribution in [2.24, 2.45) is 5.73 Å². The Kier molecular flexibility index (Phi) is 9.63. The van der Waals surface area contributed by atoms with E-state index in [0.717, 1.165) is 5.56 Å². The summed E-state index contributed by atoms with van der Waals surface area (Å²) in [5.74, 6) is -1.48. The molecular weight excluding hydrogens is 471 g/mol. The molecule has 1 atom stereocenters. The number of nitrogens with two attached hydrogens (primary N) is 1. The zero-order valence-electron chi connectivity index (χ0n) is 19.8. The second kappa shape index (κ2) is 12.7. The summed E-state index contributed by atoms with van der Waals surface area (Å²) >= 11 is 5.91. The summed E-state index contributed by atoms with van der Waals surface area (Å²) in [6, 6.07) is 13.5. The molecule has 1 saturated heterocycles. The molecule has 2 aromatic carbocycles. The van der Waals surface area contributed by atoms with E-state index in [9.17, 15) is 18.8 Å². The summed E-state index contributed by atoms with van der Waals surface area (Å²) in [6.07, 6.45) is 1.79. The Hall–Kier alpha value is -2.97. The highest BCUT2D eigenvalue weighted by Gasteiger charge is 2.31. The molecule has 9 heteroatoms. The van der Waals surface area contributed by atoms with Gasteiger partial charge in [0.25, 0.3) is 0 Å². The fourth-order valence-corrected chi connectivity index (χ4v) is 4.37. The molecule has 0 saturated carbocycles. The van der Waals surface area contributed by atoms with Crippen LogP contribution in [0.15, 0.2) is 48.5 Å². The first kappa shape index (κ1) is 26.6. The van der Waals surface area contributed by atoms with Crippen molar-refractivity contribution in [1.82, 2.24) is 14.7 Å². The summed E-state index contributed by atoms with van der Waals surface area (Å²) in [6.45, 7) is 4.44. The molecule has 1 aliphatic heterocycles. The number of carbonyl (C=O) groups is 3. The number of primary amides is 1. The van der Waals surface area contributed by atoms with Crippen molar-refractivity contribution in [2.45, 2.75) is 25.8 Å². The van der Waals surface area contributed by atoms with Crippen LogP contribution in [-0.4, -0.2) is 71.7 Å². The summed E-state index contributed by atoms with van der Waals surface area (Å²) in [4.78, 5) is 41.9. The zero-order chi connectivity index (χ0) is 25.4. The lowest BCUT2D eigenvalue weighted by Crippen LogP contribution is -2.52. The van der Waals surface area contributed by atoms with Crippen molar-refractivity contribution in [3.8, 4) is 0 Å². The van der Waals surface area contributed by atoms with Crippen LogP contribution in [0.5, 0.6) is 0 Å². The minimum Gasteiger partial charge on any atom is -0.369 e. The maximum absolute atomic E-state index is 14.8. The molecular formula is C26H31ClFN4O3. The molecule has 2 N–H and O–H groups in total. The molecule has 1 heterocycles. The van der Waals surface area contributed by atoms with Crippen molar-refractivity contribution in [2.75, 3.05) is 39.3 Å². The molecule has 0 aliphatic carbocycles. The zero-order valence-corrected chi connectivity index (χ0v) is 20.6. The maximum atomic E-state index is 14.8. The van der Waals surface area contributed by atoms with Gasteiger partial charge < -0.3 is 15.5 Å². The topological polar surface area (TPSA) is 86.9 Å². The van der Waals surface area contributed by atoms with Crippen molar-refractivity contribution >= 4 is 29.3 Å². The van der Waals surface area contributed by atoms with E-state index >= 15 is 0 Å². The Morgan fingerprint density at radius 2 is 1.74 bits per heavy atom. The van der Waals surface area contributed by atoms with Gasteiger partial charge in [0.05, 0.1) is 12.5 Å². The van der Waals surface area contributed by atoms with E-state index in [1.165, 1.54) is 11.0 Å². The lowest BCUT2D eigenvalue weighted by atomic mass is 10.0. The Morgan fingerprint density at radius 1 is 1.09 bits per heavy atom. The molecule has 3 amide bonds. The van der Waals surface area contributed by atoms with Gasteiger partial charge in [0, 0.05) is 49.9 Å². The van der Waals surface area contributed by atoms with E-state index in [2.05, 4.69) is 4.90 Å². The molecule has 1 radical (unpaired) electrons. The standard InChI is InChI=1S/C26H31ClFN4O3/c1-2-30(26(35)17-24(29)33)18-23(21-5-3-4-6-22(21)28)31-13-15-32(16-14-31)25(34)12-9-19-7-10-20(27)11-8-19/h3-8,10-12,23H,2,9,13-18H2,1H3,(H2,29,33). The van der Waals surface area contributed by atoms with Gasteiger partial charge >= 0.3 is 0 Å². The average molecular weight is 502 g/mol. The lowest BCUT2D eigenvalue weighted by Gasteiger charge is -2.41. The van der Waals surface area contributed by atoms with E-state index in [1.807, 2.05) is 19.1 Å². The second-order valence-corrected chi connectivity index (χ2v) is 8.95. The number of halogens is 2. The van der Waals surface area contributed by atoms with Crippen LogP contribution in [0.4, 0.5) is 4.39 Å². The third kappa shape index (κ3) is 7.50. The van der Waals surface area contributed by atoms with Crippen LogP contribution in [0.3, 0.4) is 0 Å². The fraction of sp³-hybridized carbons (Fsp3) is 0.385. The van der Waals surface area contributed by atoms with Crippen molar-refractivity contribution in [3.05, 3.63) is 76.9 Å². The first-order valence-electron chi connectivity index (χ1n) is 11.7. The number of rotatable bonds is 10. The van der Waals surface area contributed by atoms with Crippen molar-refractivity contribution in [1.29, 1.82) is 0 Å². The molecule has 2 aromatic rings. The quantitative estimate of drug-likeness (QED) is 0.507. The average Bonchev–Trinajstić information content (AvgIpc) is 2.84. The number of nitrogens with zero attached hydrogens (tertiary/aromatic N) is 3. The highest BCUT2D eigenvalue weighted by molar-refractivity contribution is 6.30. The Morgan fingerprint density at radius 3 is 2.34 bits per heavy atom. The van der Waals surface area contributed by atoms with Crippen LogP contribution in [0.25, 0.3) is 0 Å². The second-order valence-electron chi connectivity index (χ2n) is 8.51. The van der Waals surface area contributed by atoms with Crippen molar-refractivity contribution < 1.29 is 18.8 Å². The molecule has 7 nitrogen and oxygen atoms in total. The predicted octanol–water partition coefficient (Wildman–Crippen LogP) is 2.84. The largest absolute Gasteiger partial charge is 0.369 e. The van der Waals surface area contributed by atoms with Gasteiger partial charge in [-0.2, -0.15) is 0 Å². The lowest BCUT2D eigenvalue weighted by molar-refractivity contribution is -0.135. The first-order chi connectivity index (χ1) is 16.8. The summed E-state index contributed by atoms with van der Waals surface area (Å²) in [7, 11) is 0. The van der Waals surface area contributed by atoms with Crippen LogP contribution < -0.4 is 5.73 Å². The highest BCUT2D eigenvalue weighted by Crippen LogP contribution is 2.26. The molecule has 3 rings (SSSR count). The van der Waals surface area contributed by atoms with Crippen molar-refractivity contribution in [3.63, 3.8) is 0 Å². The molecule has 35 heavy (non-hydrogen) atoms. The van der Waals surface area contributed by atoms with Gasteiger partial charge in [-0.05, 0) is 37.1 Å². The van der Waals surface area contributed by atoms with Gasteiger partial charge in [-0.25, -0.2) is 4.39 Å². The number of carbonyl (C=O) groups excluding carboxylic acids is 3. The SMILES string of the molecule is CCN(CC(c1ccccc1F)N1CCN(C(=O)[CH]Cc2ccc(Cl)cc2)CC1)C(=O)CC(N)=O. The van der Waals surface area contributed by atoms with Crippen LogP contribution in [-0.2, 0) is 20.8 Å². The predicted molar refractivity (Wildman–Crippen MR) is 133 cm³/mol. The van der Waals surface area contributed by atoms with E-state index in [-0.39, 0.29) is 30.6 Å². The molecule has 1 aliphatic rings. The van der Waals surface area contributed by atoms with Gasteiger partial charge in [-0.1, -0.05) is 41.9 Å². The third-order valence-electron chi connectivity index (χ3n) is 6.21. The Bertz CT molecular complexity index is 1030. The van der Waals surface area contributed by atoms with Crippen LogP contribution >= 0.6 is 11.6 Å². The highest BCUT2D eigenvalue weighted by atomic mass is 35.5. The summed E-state index contributed by atoms with van der Waals surface area (Å²) < 4.78 is 14.8. The number of benzene rings is 2. The van der Waals surface area contributed by atoms with Gasteiger partial charge in [0.1, 0.15) is 12.2 Å². The Labute approximate surface area is 210 Å². The number of amides is 3. The minimum absolute atomic E-state index is 0.0473. The van der Waals surface area contributed by atoms with Gasteiger partial charge in [-0.3, -0.25) is 19.3 Å². The van der Waals surface area contributed by atoms with E-state index in [0.29, 0.717) is 49.7 Å². The smallest absolute Gasteiger partial charge is 0.232 e. The number of piperazine rings is 1. The van der Waals surface area contributed by atoms with Gasteiger partial charge in [0.15, 0.2) is 0 Å². The van der Waals surface area contributed by atoms with E-state index in [1.54, 1.807) is 41.7 Å². The van der Waals surface area contributed by atoms with Crippen LogP contribution in [0.1, 0.15) is 30.5 Å². The molecule has 187 valence electrons. The molecule has 1 fully saturated rings. The normalized spacial score (nSPS) is 15.0. The molecule has 1 unspecified atom stereocenters. The molecule has 0 spiro atoms. The Balaban J connectivity index is 1.65. The molecule has 0 aromatic heterocycles. The number of hydrogen-bond donors (Lipinski definition) is 1. The van der Waals surface area contributed by atoms with Gasteiger partial charge in [0.2, 0.25) is 17.7 Å². The number of hydrogen-bond acceptors (Lipinski definition) is 4. The van der Waals surface area contributed by atoms with E-state index in [4.69, 9.17) is 17.3 Å². The van der Waals surface area contributed by atoms with Crippen LogP contribution in [0.2, 0.25) is 5.02 Å².